The molecule has 1 fully saturated rings. The number of carbonyl (C=O) groups excluding carboxylic acids is 1. The number of nitrogens with zero attached hydrogens (tertiary/aromatic N) is 4. The molecule has 8 heteroatoms. The van der Waals surface area contributed by atoms with E-state index < -0.39 is 0 Å². The number of hydrogen-bond acceptors (Lipinski definition) is 6. The summed E-state index contributed by atoms with van der Waals surface area (Å²) in [4.78, 5) is 24.3. The quantitative estimate of drug-likeness (QED) is 0.929. The predicted octanol–water partition coefficient (Wildman–Crippen LogP) is 2.29. The van der Waals surface area contributed by atoms with Crippen molar-refractivity contribution in [3.63, 3.8) is 0 Å². The maximum atomic E-state index is 12.2. The van der Waals surface area contributed by atoms with Gasteiger partial charge in [-0.2, -0.15) is 4.98 Å². The Morgan fingerprint density at radius 2 is 2.35 bits per heavy atom. The number of likely N-dealkylation sites (tertiary alicyclic amines) is 1. The molecule has 3 heterocycles. The first kappa shape index (κ1) is 15.5. The van der Waals surface area contributed by atoms with Gasteiger partial charge >= 0.3 is 6.03 Å². The summed E-state index contributed by atoms with van der Waals surface area (Å²) in [5.74, 6) is 1.23. The van der Waals surface area contributed by atoms with Crippen molar-refractivity contribution in [2.75, 3.05) is 37.4 Å². The molecule has 0 radical (unpaired) electrons. The minimum absolute atomic E-state index is 0.0594. The number of urea groups is 1. The highest BCUT2D eigenvalue weighted by molar-refractivity contribution is 7.14. The molecule has 2 aromatic rings. The Morgan fingerprint density at radius 3 is 3.09 bits per heavy atom. The average molecular weight is 333 g/mol. The molecule has 3 rings (SSSR count). The molecule has 2 aromatic heterocycles. The highest BCUT2D eigenvalue weighted by Crippen LogP contribution is 2.20. The van der Waals surface area contributed by atoms with E-state index >= 15 is 0 Å². The van der Waals surface area contributed by atoms with Crippen LogP contribution in [-0.2, 0) is 0 Å². The lowest BCUT2D eigenvalue weighted by Gasteiger charge is -2.17. The third-order valence-corrected chi connectivity index (χ3v) is 4.31. The van der Waals surface area contributed by atoms with Crippen LogP contribution in [0.3, 0.4) is 0 Å². The fraction of sp³-hybridized carbons (Fsp3) is 0.400. The average Bonchev–Trinajstić information content (AvgIpc) is 3.19. The van der Waals surface area contributed by atoms with Gasteiger partial charge in [0.1, 0.15) is 6.10 Å². The first-order valence-corrected chi connectivity index (χ1v) is 8.25. The van der Waals surface area contributed by atoms with Gasteiger partial charge in [0.2, 0.25) is 5.88 Å². The van der Waals surface area contributed by atoms with E-state index in [1.807, 2.05) is 36.5 Å². The third-order valence-electron chi connectivity index (χ3n) is 3.53. The third kappa shape index (κ3) is 3.89. The molecule has 1 aliphatic heterocycles. The molecule has 1 atom stereocenters. The Balaban J connectivity index is 1.55. The van der Waals surface area contributed by atoms with Gasteiger partial charge in [0.15, 0.2) is 5.82 Å². The van der Waals surface area contributed by atoms with Gasteiger partial charge in [0.05, 0.1) is 23.9 Å². The normalized spacial score (nSPS) is 17.1. The van der Waals surface area contributed by atoms with E-state index in [9.17, 15) is 4.79 Å². The smallest absolute Gasteiger partial charge is 0.322 e. The number of aromatic nitrogens is 2. The first-order chi connectivity index (χ1) is 11.1. The van der Waals surface area contributed by atoms with Crippen LogP contribution in [0.2, 0.25) is 0 Å². The van der Waals surface area contributed by atoms with Crippen LogP contribution in [0.15, 0.2) is 29.9 Å². The number of carbonyl (C=O) groups is 1. The number of amides is 2. The van der Waals surface area contributed by atoms with Gasteiger partial charge in [0, 0.05) is 27.1 Å². The fourth-order valence-corrected chi connectivity index (χ4v) is 2.93. The molecule has 1 aliphatic rings. The first-order valence-electron chi connectivity index (χ1n) is 7.37. The van der Waals surface area contributed by atoms with E-state index in [1.165, 1.54) is 11.3 Å². The van der Waals surface area contributed by atoms with E-state index in [2.05, 4.69) is 15.3 Å². The van der Waals surface area contributed by atoms with Crippen LogP contribution in [0.5, 0.6) is 5.88 Å². The van der Waals surface area contributed by atoms with Crippen molar-refractivity contribution in [2.24, 2.45) is 0 Å². The molecule has 0 aromatic carbocycles. The van der Waals surface area contributed by atoms with Crippen molar-refractivity contribution in [3.05, 3.63) is 29.9 Å². The number of hydrogen-bond donors (Lipinski definition) is 1. The van der Waals surface area contributed by atoms with Crippen LogP contribution in [0.25, 0.3) is 0 Å². The van der Waals surface area contributed by atoms with Gasteiger partial charge in [0.25, 0.3) is 0 Å². The Hall–Kier alpha value is -2.35. The van der Waals surface area contributed by atoms with E-state index in [0.29, 0.717) is 19.0 Å². The van der Waals surface area contributed by atoms with Crippen LogP contribution in [0, 0.1) is 0 Å². The van der Waals surface area contributed by atoms with E-state index in [1.54, 1.807) is 17.3 Å². The summed E-state index contributed by atoms with van der Waals surface area (Å²) in [5, 5.41) is 5.67. The topological polar surface area (TPSA) is 70.6 Å². The molecule has 23 heavy (non-hydrogen) atoms. The van der Waals surface area contributed by atoms with Crippen molar-refractivity contribution < 1.29 is 9.53 Å². The monoisotopic (exact) mass is 333 g/mol. The van der Waals surface area contributed by atoms with Crippen molar-refractivity contribution in [2.45, 2.75) is 12.5 Å². The maximum Gasteiger partial charge on any atom is 0.322 e. The van der Waals surface area contributed by atoms with Crippen molar-refractivity contribution in [1.29, 1.82) is 0 Å². The molecule has 122 valence electrons. The second-order valence-electron chi connectivity index (χ2n) is 5.49. The zero-order chi connectivity index (χ0) is 16.2. The highest BCUT2D eigenvalue weighted by atomic mass is 32.1. The summed E-state index contributed by atoms with van der Waals surface area (Å²) in [7, 11) is 3.81. The molecule has 1 saturated heterocycles. The minimum atomic E-state index is -0.0910. The van der Waals surface area contributed by atoms with Crippen LogP contribution in [0.4, 0.5) is 15.6 Å². The summed E-state index contributed by atoms with van der Waals surface area (Å²) in [6.45, 7) is 1.22. The van der Waals surface area contributed by atoms with Gasteiger partial charge in [-0.05, 0) is 17.5 Å². The zero-order valence-electron chi connectivity index (χ0n) is 13.1. The molecule has 0 unspecified atom stereocenters. The summed E-state index contributed by atoms with van der Waals surface area (Å²) < 4.78 is 5.86. The van der Waals surface area contributed by atoms with E-state index in [4.69, 9.17) is 4.74 Å². The predicted molar refractivity (Wildman–Crippen MR) is 90.3 cm³/mol. The van der Waals surface area contributed by atoms with E-state index in [-0.39, 0.29) is 12.1 Å². The van der Waals surface area contributed by atoms with Gasteiger partial charge in [-0.15, -0.1) is 11.3 Å². The second-order valence-corrected chi connectivity index (χ2v) is 6.44. The van der Waals surface area contributed by atoms with Crippen LogP contribution >= 0.6 is 11.3 Å². The minimum Gasteiger partial charge on any atom is -0.471 e. The Kier molecular flexibility index (Phi) is 4.61. The molecule has 7 nitrogen and oxygen atoms in total. The molecule has 0 bridgehead atoms. The Labute approximate surface area is 138 Å². The number of rotatable bonds is 4. The van der Waals surface area contributed by atoms with E-state index in [0.717, 1.165) is 17.2 Å². The SMILES string of the molecule is CN(C)c1cncc(O[C@H]2CCN(C(=O)Nc3cccs3)C2)n1. The molecular weight excluding hydrogens is 314 g/mol. The van der Waals surface area contributed by atoms with Crippen LogP contribution in [0.1, 0.15) is 6.42 Å². The van der Waals surface area contributed by atoms with Crippen molar-refractivity contribution in [3.8, 4) is 5.88 Å². The largest absolute Gasteiger partial charge is 0.471 e. The number of ether oxygens (including phenoxy) is 1. The molecule has 1 N–H and O–H groups in total. The standard InChI is InChI=1S/C15H19N5O2S/c1-19(2)12-8-16-9-13(17-12)22-11-5-6-20(10-11)15(21)18-14-4-3-7-23-14/h3-4,7-9,11H,5-6,10H2,1-2H3,(H,18,21)/t11-/m0/s1. The molecule has 0 spiro atoms. The molecule has 0 saturated carbocycles. The lowest BCUT2D eigenvalue weighted by Crippen LogP contribution is -2.34. The number of nitrogens with one attached hydrogen (secondary N) is 1. The fourth-order valence-electron chi connectivity index (χ4n) is 2.32. The zero-order valence-corrected chi connectivity index (χ0v) is 13.9. The highest BCUT2D eigenvalue weighted by Gasteiger charge is 2.28. The Morgan fingerprint density at radius 1 is 1.48 bits per heavy atom. The van der Waals surface area contributed by atoms with Crippen molar-refractivity contribution in [1.82, 2.24) is 14.9 Å². The van der Waals surface area contributed by atoms with Crippen LogP contribution in [-0.4, -0.2) is 54.2 Å². The molecular formula is C15H19N5O2S. The van der Waals surface area contributed by atoms with Gasteiger partial charge in [-0.3, -0.25) is 10.3 Å². The molecule has 2 amide bonds. The van der Waals surface area contributed by atoms with Gasteiger partial charge in [-0.25, -0.2) is 4.79 Å². The summed E-state index contributed by atoms with van der Waals surface area (Å²) in [6, 6.07) is 3.70. The van der Waals surface area contributed by atoms with Gasteiger partial charge < -0.3 is 14.5 Å². The second kappa shape index (κ2) is 6.82. The summed E-state index contributed by atoms with van der Waals surface area (Å²) >= 11 is 1.50. The number of anilines is 2. The van der Waals surface area contributed by atoms with Crippen LogP contribution < -0.4 is 15.0 Å². The summed E-state index contributed by atoms with van der Waals surface area (Å²) in [5.41, 5.74) is 0. The number of thiophene rings is 1. The molecule has 0 aliphatic carbocycles. The van der Waals surface area contributed by atoms with Gasteiger partial charge in [-0.1, -0.05) is 0 Å². The van der Waals surface area contributed by atoms with Crippen molar-refractivity contribution >= 4 is 28.2 Å². The Bertz CT molecular complexity index is 662. The lowest BCUT2D eigenvalue weighted by molar-refractivity contribution is 0.189. The lowest BCUT2D eigenvalue weighted by atomic mass is 10.3. The summed E-state index contributed by atoms with van der Waals surface area (Å²) in [6.07, 6.45) is 4.01. The maximum absolute atomic E-state index is 12.2.